The number of para-hydroxylation sites is 1. The van der Waals surface area contributed by atoms with Crippen molar-refractivity contribution >= 4 is 55.0 Å². The summed E-state index contributed by atoms with van der Waals surface area (Å²) in [6.07, 6.45) is 0. The Labute approximate surface area is 227 Å². The molecule has 5 aromatic rings. The van der Waals surface area contributed by atoms with Gasteiger partial charge in [0.2, 0.25) is 15.9 Å². The Bertz CT molecular complexity index is 1740. The van der Waals surface area contributed by atoms with Crippen LogP contribution in [-0.2, 0) is 27.9 Å². The molecule has 0 atom stereocenters. The Kier molecular flexibility index (Phi) is 7.25. The number of benzene rings is 4. The minimum absolute atomic E-state index is 0.00716. The van der Waals surface area contributed by atoms with Crippen LogP contribution in [0.4, 0.5) is 5.69 Å². The number of nitrogens with one attached hydrogen (secondary N) is 1. The number of sulfonamides is 1. The highest BCUT2D eigenvalue weighted by molar-refractivity contribution is 7.89. The van der Waals surface area contributed by atoms with Crippen LogP contribution in [0.2, 0.25) is 5.02 Å². The first kappa shape index (κ1) is 26.0. The lowest BCUT2D eigenvalue weighted by molar-refractivity contribution is -0.116. The lowest BCUT2D eigenvalue weighted by Crippen LogP contribution is -2.37. The van der Waals surface area contributed by atoms with Gasteiger partial charge in [0, 0.05) is 45.6 Å². The van der Waals surface area contributed by atoms with Gasteiger partial charge in [-0.1, -0.05) is 59.6 Å². The van der Waals surface area contributed by atoms with Crippen LogP contribution in [0, 0.1) is 6.92 Å². The summed E-state index contributed by atoms with van der Waals surface area (Å²) in [6.45, 7) is 4.47. The van der Waals surface area contributed by atoms with E-state index >= 15 is 0 Å². The van der Waals surface area contributed by atoms with Crippen molar-refractivity contribution in [1.82, 2.24) is 8.87 Å². The number of fused-ring (bicyclic) bond motifs is 3. The lowest BCUT2D eigenvalue weighted by atomic mass is 10.1. The van der Waals surface area contributed by atoms with Crippen molar-refractivity contribution < 1.29 is 13.2 Å². The number of aryl methyl sites for hydroxylation is 2. The molecule has 0 aliphatic carbocycles. The monoisotopic (exact) mass is 545 g/mol. The number of anilines is 1. The topological polar surface area (TPSA) is 71.4 Å². The fourth-order valence-electron chi connectivity index (χ4n) is 4.76. The van der Waals surface area contributed by atoms with E-state index in [4.69, 9.17) is 11.6 Å². The summed E-state index contributed by atoms with van der Waals surface area (Å²) in [5.74, 6) is -0.429. The van der Waals surface area contributed by atoms with E-state index < -0.39 is 15.9 Å². The smallest absolute Gasteiger partial charge is 0.243 e. The van der Waals surface area contributed by atoms with Crippen LogP contribution < -0.4 is 5.32 Å². The van der Waals surface area contributed by atoms with Crippen molar-refractivity contribution in [3.05, 3.63) is 107 Å². The van der Waals surface area contributed by atoms with Crippen molar-refractivity contribution in [3.63, 3.8) is 0 Å². The molecule has 1 heterocycles. The van der Waals surface area contributed by atoms with E-state index in [-0.39, 0.29) is 18.0 Å². The van der Waals surface area contributed by atoms with Gasteiger partial charge < -0.3 is 9.88 Å². The fourth-order valence-corrected chi connectivity index (χ4v) is 6.35. The Hall–Kier alpha value is -3.65. The van der Waals surface area contributed by atoms with Crippen LogP contribution >= 0.6 is 11.6 Å². The number of nitrogens with zero attached hydrogens (tertiary/aromatic N) is 2. The standard InChI is InChI=1S/C30H28ClN3O3S/c1-3-34-28-10-5-4-9-26(28)27-18-24(13-16-29(27)34)32-30(35)20-33(19-22-7-6-8-23(31)17-22)38(36,37)25-14-11-21(2)12-15-25/h4-18H,3,19-20H2,1-2H3,(H,32,35). The molecule has 38 heavy (non-hydrogen) atoms. The van der Waals surface area contributed by atoms with Crippen LogP contribution in [0.3, 0.4) is 0 Å². The molecule has 0 unspecified atom stereocenters. The molecule has 194 valence electrons. The summed E-state index contributed by atoms with van der Waals surface area (Å²) in [6, 6.07) is 27.5. The summed E-state index contributed by atoms with van der Waals surface area (Å²) in [7, 11) is -3.95. The summed E-state index contributed by atoms with van der Waals surface area (Å²) in [4.78, 5) is 13.4. The number of halogens is 1. The van der Waals surface area contributed by atoms with Crippen LogP contribution in [-0.4, -0.2) is 29.7 Å². The molecule has 1 amide bonds. The SMILES string of the molecule is CCn1c2ccccc2c2cc(NC(=O)CN(Cc3cccc(Cl)c3)S(=O)(=O)c3ccc(C)cc3)ccc21. The zero-order chi connectivity index (χ0) is 26.9. The average Bonchev–Trinajstić information content (AvgIpc) is 3.21. The van der Waals surface area contributed by atoms with Gasteiger partial charge in [0.05, 0.1) is 11.4 Å². The van der Waals surface area contributed by atoms with Gasteiger partial charge >= 0.3 is 0 Å². The second-order valence-electron chi connectivity index (χ2n) is 9.26. The molecule has 5 rings (SSSR count). The number of aromatic nitrogens is 1. The molecule has 0 bridgehead atoms. The average molecular weight is 546 g/mol. The number of hydrogen-bond acceptors (Lipinski definition) is 3. The summed E-state index contributed by atoms with van der Waals surface area (Å²) < 4.78 is 30.6. The van der Waals surface area contributed by atoms with Crippen LogP contribution in [0.5, 0.6) is 0 Å². The van der Waals surface area contributed by atoms with Gasteiger partial charge in [-0.25, -0.2) is 8.42 Å². The second-order valence-corrected chi connectivity index (χ2v) is 11.6. The van der Waals surface area contributed by atoms with Gasteiger partial charge in [-0.15, -0.1) is 0 Å². The molecule has 6 nitrogen and oxygen atoms in total. The third-order valence-corrected chi connectivity index (χ3v) is 8.64. The van der Waals surface area contributed by atoms with Crippen LogP contribution in [0.1, 0.15) is 18.1 Å². The highest BCUT2D eigenvalue weighted by atomic mass is 35.5. The molecule has 0 radical (unpaired) electrons. The van der Waals surface area contributed by atoms with Crippen molar-refractivity contribution in [3.8, 4) is 0 Å². The largest absolute Gasteiger partial charge is 0.341 e. The molecule has 0 aliphatic rings. The number of hydrogen-bond donors (Lipinski definition) is 1. The third kappa shape index (κ3) is 5.18. The molecular weight excluding hydrogens is 518 g/mol. The van der Waals surface area contributed by atoms with Gasteiger partial charge in [0.25, 0.3) is 0 Å². The van der Waals surface area contributed by atoms with Gasteiger partial charge in [-0.05, 0) is 67.9 Å². The lowest BCUT2D eigenvalue weighted by Gasteiger charge is -2.22. The number of amides is 1. The van der Waals surface area contributed by atoms with E-state index in [0.29, 0.717) is 16.3 Å². The summed E-state index contributed by atoms with van der Waals surface area (Å²) in [5.41, 5.74) is 4.45. The van der Waals surface area contributed by atoms with Crippen molar-refractivity contribution in [2.75, 3.05) is 11.9 Å². The molecule has 1 N–H and O–H groups in total. The van der Waals surface area contributed by atoms with Crippen molar-refractivity contribution in [2.24, 2.45) is 0 Å². The van der Waals surface area contributed by atoms with E-state index in [1.165, 1.54) is 4.31 Å². The summed E-state index contributed by atoms with van der Waals surface area (Å²) in [5, 5.41) is 5.54. The first-order chi connectivity index (χ1) is 18.3. The quantitative estimate of drug-likeness (QED) is 0.238. The zero-order valence-corrected chi connectivity index (χ0v) is 22.8. The molecule has 8 heteroatoms. The Morgan fingerprint density at radius 1 is 0.895 bits per heavy atom. The normalized spacial score (nSPS) is 11.9. The number of carbonyl (C=O) groups is 1. The summed E-state index contributed by atoms with van der Waals surface area (Å²) >= 11 is 6.14. The minimum atomic E-state index is -3.95. The molecular formula is C30H28ClN3O3S. The van der Waals surface area contributed by atoms with Gasteiger partial charge in [0.15, 0.2) is 0 Å². The highest BCUT2D eigenvalue weighted by Crippen LogP contribution is 2.31. The Morgan fingerprint density at radius 3 is 2.37 bits per heavy atom. The van der Waals surface area contributed by atoms with Gasteiger partial charge in [-0.2, -0.15) is 4.31 Å². The molecule has 0 aliphatic heterocycles. The molecule has 0 saturated carbocycles. The predicted octanol–water partition coefficient (Wildman–Crippen LogP) is 6.61. The number of carbonyl (C=O) groups excluding carboxylic acids is 1. The molecule has 4 aromatic carbocycles. The van der Waals surface area contributed by atoms with Crippen molar-refractivity contribution in [2.45, 2.75) is 31.8 Å². The van der Waals surface area contributed by atoms with E-state index in [1.807, 2.05) is 37.3 Å². The molecule has 0 saturated heterocycles. The van der Waals surface area contributed by atoms with E-state index in [2.05, 4.69) is 28.9 Å². The maximum Gasteiger partial charge on any atom is 0.243 e. The molecule has 0 spiro atoms. The Morgan fingerprint density at radius 2 is 1.63 bits per heavy atom. The maximum atomic E-state index is 13.6. The third-order valence-electron chi connectivity index (χ3n) is 6.60. The first-order valence-electron chi connectivity index (χ1n) is 12.4. The van der Waals surface area contributed by atoms with E-state index in [0.717, 1.165) is 33.9 Å². The van der Waals surface area contributed by atoms with Gasteiger partial charge in [-0.3, -0.25) is 4.79 Å². The van der Waals surface area contributed by atoms with Crippen molar-refractivity contribution in [1.29, 1.82) is 0 Å². The van der Waals surface area contributed by atoms with Crippen LogP contribution in [0.15, 0.2) is 95.9 Å². The predicted molar refractivity (Wildman–Crippen MR) is 154 cm³/mol. The Balaban J connectivity index is 1.44. The van der Waals surface area contributed by atoms with Crippen LogP contribution in [0.25, 0.3) is 21.8 Å². The molecule has 1 aromatic heterocycles. The first-order valence-corrected chi connectivity index (χ1v) is 14.2. The number of rotatable bonds is 8. The van der Waals surface area contributed by atoms with Gasteiger partial charge in [0.1, 0.15) is 0 Å². The zero-order valence-electron chi connectivity index (χ0n) is 21.2. The van der Waals surface area contributed by atoms with E-state index in [1.54, 1.807) is 48.5 Å². The maximum absolute atomic E-state index is 13.6. The highest BCUT2D eigenvalue weighted by Gasteiger charge is 2.27. The minimum Gasteiger partial charge on any atom is -0.341 e. The second kappa shape index (κ2) is 10.6. The fraction of sp³-hybridized carbons (Fsp3) is 0.167. The van der Waals surface area contributed by atoms with E-state index in [9.17, 15) is 13.2 Å². The molecule has 0 fully saturated rings.